The summed E-state index contributed by atoms with van der Waals surface area (Å²) in [6, 6.07) is 1.90. The molecule has 1 aromatic carbocycles. The fourth-order valence-corrected chi connectivity index (χ4v) is 3.48. The predicted octanol–water partition coefficient (Wildman–Crippen LogP) is 2.02. The van der Waals surface area contributed by atoms with Gasteiger partial charge in [-0.15, -0.1) is 0 Å². The highest BCUT2D eigenvalue weighted by Gasteiger charge is 2.48. The summed E-state index contributed by atoms with van der Waals surface area (Å²) in [5.74, 6) is -1.72. The molecule has 1 amide bonds. The topological polar surface area (TPSA) is 67.5 Å². The van der Waals surface area contributed by atoms with E-state index in [2.05, 4.69) is 10.3 Å². The van der Waals surface area contributed by atoms with Crippen LogP contribution in [0.4, 0.5) is 14.5 Å². The Kier molecular flexibility index (Phi) is 2.93. The highest BCUT2D eigenvalue weighted by Crippen LogP contribution is 2.54. The van der Waals surface area contributed by atoms with Crippen LogP contribution in [0.3, 0.4) is 0 Å². The van der Waals surface area contributed by atoms with Crippen molar-refractivity contribution in [3.05, 3.63) is 29.3 Å². The Hall–Kier alpha value is -1.63. The van der Waals surface area contributed by atoms with Gasteiger partial charge in [-0.25, -0.2) is 8.78 Å². The third kappa shape index (κ3) is 2.18. The molecule has 3 N–H and O–H groups in total. The fraction of sp³-hybridized carbons (Fsp3) is 0.333. The van der Waals surface area contributed by atoms with Crippen LogP contribution in [-0.4, -0.2) is 16.8 Å². The van der Waals surface area contributed by atoms with Gasteiger partial charge in [0.25, 0.3) is 0 Å². The lowest BCUT2D eigenvalue weighted by Gasteiger charge is -2.19. The molecule has 100 valence electrons. The van der Waals surface area contributed by atoms with Crippen LogP contribution in [0.5, 0.6) is 0 Å². The SMILES string of the molecule is NC1=NC(c2cc(NC=O)cc(F)c2F)C2CC2S1. The van der Waals surface area contributed by atoms with Gasteiger partial charge in [-0.2, -0.15) is 0 Å². The normalized spacial score (nSPS) is 28.3. The van der Waals surface area contributed by atoms with E-state index in [1.165, 1.54) is 17.8 Å². The zero-order chi connectivity index (χ0) is 13.6. The zero-order valence-corrected chi connectivity index (χ0v) is 10.6. The first-order valence-electron chi connectivity index (χ1n) is 5.79. The molecule has 1 aromatic rings. The van der Waals surface area contributed by atoms with Crippen molar-refractivity contribution in [2.45, 2.75) is 17.7 Å². The fourth-order valence-electron chi connectivity index (χ4n) is 2.35. The lowest BCUT2D eigenvalue weighted by Crippen LogP contribution is -2.18. The van der Waals surface area contributed by atoms with Crippen molar-refractivity contribution in [1.82, 2.24) is 0 Å². The molecule has 0 radical (unpaired) electrons. The molecule has 0 spiro atoms. The molecule has 7 heteroatoms. The van der Waals surface area contributed by atoms with Gasteiger partial charge >= 0.3 is 0 Å². The molecular weight excluding hydrogens is 272 g/mol. The van der Waals surface area contributed by atoms with Gasteiger partial charge in [0.05, 0.1) is 6.04 Å². The Balaban J connectivity index is 2.03. The number of anilines is 1. The molecule has 19 heavy (non-hydrogen) atoms. The van der Waals surface area contributed by atoms with Gasteiger partial charge in [0.15, 0.2) is 16.8 Å². The van der Waals surface area contributed by atoms with Gasteiger partial charge in [-0.3, -0.25) is 9.79 Å². The number of carbonyl (C=O) groups is 1. The molecule has 1 saturated carbocycles. The van der Waals surface area contributed by atoms with Gasteiger partial charge in [0.1, 0.15) is 0 Å². The van der Waals surface area contributed by atoms with Crippen LogP contribution in [0.2, 0.25) is 0 Å². The number of carbonyl (C=O) groups excluding carboxylic acids is 1. The molecule has 1 aliphatic carbocycles. The van der Waals surface area contributed by atoms with Gasteiger partial charge < -0.3 is 11.1 Å². The summed E-state index contributed by atoms with van der Waals surface area (Å²) in [6.45, 7) is 0. The van der Waals surface area contributed by atoms with Crippen LogP contribution in [0, 0.1) is 17.6 Å². The maximum absolute atomic E-state index is 13.9. The van der Waals surface area contributed by atoms with E-state index in [1.807, 2.05) is 0 Å². The van der Waals surface area contributed by atoms with E-state index in [1.54, 1.807) is 0 Å². The summed E-state index contributed by atoms with van der Waals surface area (Å²) < 4.78 is 27.5. The maximum atomic E-state index is 13.9. The van der Waals surface area contributed by atoms with Crippen LogP contribution in [-0.2, 0) is 4.79 Å². The summed E-state index contributed by atoms with van der Waals surface area (Å²) in [7, 11) is 0. The van der Waals surface area contributed by atoms with Crippen molar-refractivity contribution < 1.29 is 13.6 Å². The van der Waals surface area contributed by atoms with Crippen molar-refractivity contribution >= 4 is 29.0 Å². The first-order valence-corrected chi connectivity index (χ1v) is 6.67. The summed E-state index contributed by atoms with van der Waals surface area (Å²) in [4.78, 5) is 14.6. The average molecular weight is 283 g/mol. The number of nitrogens with zero attached hydrogens (tertiary/aromatic N) is 1. The van der Waals surface area contributed by atoms with E-state index in [0.29, 0.717) is 16.8 Å². The second-order valence-corrected chi connectivity index (χ2v) is 5.85. The number of amides is 1. The highest BCUT2D eigenvalue weighted by atomic mass is 32.2. The summed E-state index contributed by atoms with van der Waals surface area (Å²) >= 11 is 1.48. The standard InChI is InChI=1S/C12H11F2N3OS/c13-8-2-5(16-4-18)1-7(10(8)14)11-6-3-9(6)19-12(15)17-11/h1-2,4,6,9,11H,3H2,(H2,15,17)(H,16,18). The first kappa shape index (κ1) is 12.4. The Morgan fingerprint density at radius 2 is 2.26 bits per heavy atom. The number of nitrogens with two attached hydrogens (primary N) is 1. The molecule has 3 rings (SSSR count). The summed E-state index contributed by atoms with van der Waals surface area (Å²) in [5, 5.41) is 3.06. The highest BCUT2D eigenvalue weighted by molar-refractivity contribution is 8.14. The van der Waals surface area contributed by atoms with E-state index < -0.39 is 17.7 Å². The van der Waals surface area contributed by atoms with Crippen LogP contribution in [0.1, 0.15) is 18.0 Å². The van der Waals surface area contributed by atoms with Crippen LogP contribution >= 0.6 is 11.8 Å². The summed E-state index contributed by atoms with van der Waals surface area (Å²) in [5.41, 5.74) is 6.06. The molecule has 3 unspecified atom stereocenters. The number of benzene rings is 1. The van der Waals surface area contributed by atoms with Gasteiger partial charge in [-0.1, -0.05) is 11.8 Å². The number of thioether (sulfide) groups is 1. The number of hydrogen-bond acceptors (Lipinski definition) is 4. The van der Waals surface area contributed by atoms with Crippen molar-refractivity contribution in [3.8, 4) is 0 Å². The van der Waals surface area contributed by atoms with Crippen molar-refractivity contribution in [1.29, 1.82) is 0 Å². The summed E-state index contributed by atoms with van der Waals surface area (Å²) in [6.07, 6.45) is 1.32. The molecule has 0 aromatic heterocycles. The van der Waals surface area contributed by atoms with Crippen molar-refractivity contribution in [2.24, 2.45) is 16.6 Å². The Bertz CT molecular complexity index is 578. The molecule has 4 nitrogen and oxygen atoms in total. The van der Waals surface area contributed by atoms with E-state index in [-0.39, 0.29) is 17.2 Å². The van der Waals surface area contributed by atoms with E-state index >= 15 is 0 Å². The van der Waals surface area contributed by atoms with Crippen molar-refractivity contribution in [3.63, 3.8) is 0 Å². The average Bonchev–Trinajstić information content (AvgIpc) is 3.12. The minimum atomic E-state index is -0.994. The molecule has 0 bridgehead atoms. The third-order valence-electron chi connectivity index (χ3n) is 3.32. The molecule has 3 atom stereocenters. The van der Waals surface area contributed by atoms with Gasteiger partial charge in [0, 0.05) is 22.6 Å². The van der Waals surface area contributed by atoms with Crippen LogP contribution < -0.4 is 11.1 Å². The largest absolute Gasteiger partial charge is 0.379 e. The Morgan fingerprint density at radius 3 is 3.00 bits per heavy atom. The second kappa shape index (κ2) is 4.48. The second-order valence-electron chi connectivity index (χ2n) is 4.59. The van der Waals surface area contributed by atoms with E-state index in [0.717, 1.165) is 12.5 Å². The molecule has 1 fully saturated rings. The van der Waals surface area contributed by atoms with Crippen molar-refractivity contribution in [2.75, 3.05) is 5.32 Å². The zero-order valence-electron chi connectivity index (χ0n) is 9.77. The lowest BCUT2D eigenvalue weighted by atomic mass is 10.0. The lowest BCUT2D eigenvalue weighted by molar-refractivity contribution is -0.105. The molecular formula is C12H11F2N3OS. The third-order valence-corrected chi connectivity index (χ3v) is 4.52. The van der Waals surface area contributed by atoms with Gasteiger partial charge in [0.2, 0.25) is 6.41 Å². The number of rotatable bonds is 3. The molecule has 0 saturated heterocycles. The minimum absolute atomic E-state index is 0.153. The number of aliphatic imine (C=N–C) groups is 1. The maximum Gasteiger partial charge on any atom is 0.211 e. The Morgan fingerprint density at radius 1 is 1.47 bits per heavy atom. The van der Waals surface area contributed by atoms with E-state index in [4.69, 9.17) is 5.73 Å². The number of hydrogen-bond donors (Lipinski definition) is 2. The molecule has 1 aliphatic heterocycles. The van der Waals surface area contributed by atoms with E-state index in [9.17, 15) is 13.6 Å². The monoisotopic (exact) mass is 283 g/mol. The molecule has 2 aliphatic rings. The number of halogens is 2. The van der Waals surface area contributed by atoms with Crippen LogP contribution in [0.25, 0.3) is 0 Å². The number of fused-ring (bicyclic) bond motifs is 1. The number of nitrogens with one attached hydrogen (secondary N) is 1. The predicted molar refractivity (Wildman–Crippen MR) is 69.9 cm³/mol. The number of amidine groups is 1. The van der Waals surface area contributed by atoms with Crippen LogP contribution in [0.15, 0.2) is 17.1 Å². The van der Waals surface area contributed by atoms with Gasteiger partial charge in [-0.05, 0) is 18.4 Å². The first-order chi connectivity index (χ1) is 9.10. The quantitative estimate of drug-likeness (QED) is 0.834. The molecule has 1 heterocycles. The minimum Gasteiger partial charge on any atom is -0.379 e. The Labute approximate surface area is 112 Å². The smallest absolute Gasteiger partial charge is 0.211 e.